The van der Waals surface area contributed by atoms with E-state index < -0.39 is 10.0 Å². The molecular formula is C14H20ClN3O3S. The van der Waals surface area contributed by atoms with Crippen molar-refractivity contribution in [2.45, 2.75) is 17.7 Å². The Bertz CT molecular complexity index is 616. The number of carbonyl (C=O) groups excluding carboxylic acids is 1. The Morgan fingerprint density at radius 2 is 2.00 bits per heavy atom. The molecule has 1 fully saturated rings. The number of benzene rings is 1. The zero-order chi connectivity index (χ0) is 16.0. The van der Waals surface area contributed by atoms with Gasteiger partial charge < -0.3 is 10.6 Å². The molecule has 0 atom stereocenters. The summed E-state index contributed by atoms with van der Waals surface area (Å²) in [5, 5.41) is 6.33. The van der Waals surface area contributed by atoms with Gasteiger partial charge in [0.25, 0.3) is 0 Å². The Morgan fingerprint density at radius 1 is 1.27 bits per heavy atom. The van der Waals surface area contributed by atoms with Crippen LogP contribution in [0.4, 0.5) is 0 Å². The second-order valence-corrected chi connectivity index (χ2v) is 7.37. The monoisotopic (exact) mass is 345 g/mol. The molecule has 0 spiro atoms. The van der Waals surface area contributed by atoms with Crippen LogP contribution >= 0.6 is 11.6 Å². The van der Waals surface area contributed by atoms with Gasteiger partial charge in [-0.15, -0.1) is 0 Å². The van der Waals surface area contributed by atoms with Gasteiger partial charge in [-0.1, -0.05) is 17.7 Å². The summed E-state index contributed by atoms with van der Waals surface area (Å²) in [4.78, 5) is 12.0. The van der Waals surface area contributed by atoms with Crippen molar-refractivity contribution in [3.8, 4) is 0 Å². The van der Waals surface area contributed by atoms with E-state index in [9.17, 15) is 13.2 Å². The van der Waals surface area contributed by atoms with Crippen LogP contribution in [0.2, 0.25) is 5.02 Å². The highest BCUT2D eigenvalue weighted by Gasteiger charge is 2.20. The third kappa shape index (κ3) is 4.95. The summed E-state index contributed by atoms with van der Waals surface area (Å²) in [6, 6.07) is 6.05. The van der Waals surface area contributed by atoms with Gasteiger partial charge >= 0.3 is 0 Å². The molecule has 0 radical (unpaired) electrons. The van der Waals surface area contributed by atoms with Gasteiger partial charge in [0.2, 0.25) is 15.9 Å². The summed E-state index contributed by atoms with van der Waals surface area (Å²) in [6.45, 7) is 2.10. The zero-order valence-electron chi connectivity index (χ0n) is 12.1. The molecule has 0 bridgehead atoms. The Hall–Kier alpha value is -1.15. The lowest BCUT2D eigenvalue weighted by molar-refractivity contribution is -0.125. The second-order valence-electron chi connectivity index (χ2n) is 5.17. The zero-order valence-corrected chi connectivity index (χ0v) is 13.7. The first-order chi connectivity index (χ1) is 10.5. The number of halogens is 1. The maximum absolute atomic E-state index is 12.0. The van der Waals surface area contributed by atoms with Crippen LogP contribution < -0.4 is 15.4 Å². The van der Waals surface area contributed by atoms with E-state index in [4.69, 9.17) is 11.6 Å². The van der Waals surface area contributed by atoms with E-state index >= 15 is 0 Å². The second kappa shape index (κ2) is 7.92. The third-order valence-electron chi connectivity index (χ3n) is 3.53. The first-order valence-corrected chi connectivity index (χ1v) is 9.09. The fraction of sp³-hybridized carbons (Fsp3) is 0.500. The highest BCUT2D eigenvalue weighted by atomic mass is 35.5. The minimum Gasteiger partial charge on any atom is -0.355 e. The van der Waals surface area contributed by atoms with E-state index in [0.29, 0.717) is 5.02 Å². The molecule has 2 rings (SSSR count). The van der Waals surface area contributed by atoms with Crippen molar-refractivity contribution in [3.05, 3.63) is 29.3 Å². The number of nitrogens with one attached hydrogen (secondary N) is 3. The standard InChI is InChI=1S/C14H20ClN3O3S/c15-12-2-1-3-13(10-12)22(20,21)18-9-8-17-14(19)11-4-6-16-7-5-11/h1-3,10-11,16,18H,4-9H2,(H,17,19). The molecule has 0 aliphatic carbocycles. The number of hydrogen-bond donors (Lipinski definition) is 3. The highest BCUT2D eigenvalue weighted by Crippen LogP contribution is 2.15. The Labute approximate surface area is 135 Å². The van der Waals surface area contributed by atoms with E-state index in [2.05, 4.69) is 15.4 Å². The lowest BCUT2D eigenvalue weighted by Crippen LogP contribution is -2.41. The average Bonchev–Trinajstić information content (AvgIpc) is 2.52. The van der Waals surface area contributed by atoms with Crippen LogP contribution in [-0.4, -0.2) is 40.5 Å². The van der Waals surface area contributed by atoms with E-state index in [1.807, 2.05) is 0 Å². The average molecular weight is 346 g/mol. The van der Waals surface area contributed by atoms with E-state index in [-0.39, 0.29) is 29.8 Å². The maximum atomic E-state index is 12.0. The normalized spacial score (nSPS) is 16.4. The van der Waals surface area contributed by atoms with Gasteiger partial charge in [0.1, 0.15) is 0 Å². The van der Waals surface area contributed by atoms with E-state index in [0.717, 1.165) is 25.9 Å². The van der Waals surface area contributed by atoms with Crippen LogP contribution in [-0.2, 0) is 14.8 Å². The van der Waals surface area contributed by atoms with Crippen LogP contribution in [0.1, 0.15) is 12.8 Å². The molecular weight excluding hydrogens is 326 g/mol. The molecule has 1 aromatic rings. The molecule has 1 saturated heterocycles. The summed E-state index contributed by atoms with van der Waals surface area (Å²) in [5.41, 5.74) is 0. The molecule has 1 aromatic carbocycles. The smallest absolute Gasteiger partial charge is 0.240 e. The van der Waals surface area contributed by atoms with Gasteiger partial charge in [0.15, 0.2) is 0 Å². The largest absolute Gasteiger partial charge is 0.355 e. The quantitative estimate of drug-likeness (QED) is 0.663. The number of piperidine rings is 1. The van der Waals surface area contributed by atoms with Gasteiger partial charge in [-0.2, -0.15) is 0 Å². The maximum Gasteiger partial charge on any atom is 0.240 e. The minimum atomic E-state index is -3.60. The van der Waals surface area contributed by atoms with Gasteiger partial charge in [0.05, 0.1) is 4.90 Å². The summed E-state index contributed by atoms with van der Waals surface area (Å²) >= 11 is 5.79. The fourth-order valence-electron chi connectivity index (χ4n) is 2.32. The van der Waals surface area contributed by atoms with Crippen molar-refractivity contribution in [1.29, 1.82) is 0 Å². The molecule has 6 nitrogen and oxygen atoms in total. The number of hydrogen-bond acceptors (Lipinski definition) is 4. The minimum absolute atomic E-state index is 0.0107. The number of sulfonamides is 1. The molecule has 0 unspecified atom stereocenters. The number of rotatable bonds is 6. The van der Waals surface area contributed by atoms with Crippen LogP contribution in [0.15, 0.2) is 29.2 Å². The summed E-state index contributed by atoms with van der Waals surface area (Å²) < 4.78 is 26.5. The van der Waals surface area contributed by atoms with Crippen molar-refractivity contribution < 1.29 is 13.2 Å². The van der Waals surface area contributed by atoms with Crippen molar-refractivity contribution in [2.75, 3.05) is 26.2 Å². The van der Waals surface area contributed by atoms with Crippen LogP contribution in [0.25, 0.3) is 0 Å². The molecule has 1 heterocycles. The summed E-state index contributed by atoms with van der Waals surface area (Å²) in [5.74, 6) is 0.00856. The van der Waals surface area contributed by atoms with Crippen LogP contribution in [0.5, 0.6) is 0 Å². The highest BCUT2D eigenvalue weighted by molar-refractivity contribution is 7.89. The van der Waals surface area contributed by atoms with E-state index in [1.165, 1.54) is 12.1 Å². The lowest BCUT2D eigenvalue weighted by atomic mass is 9.97. The first kappa shape index (κ1) is 17.2. The predicted octanol–water partition coefficient (Wildman–Crippen LogP) is 0.734. The summed E-state index contributed by atoms with van der Waals surface area (Å²) in [6.07, 6.45) is 1.64. The molecule has 1 aliphatic rings. The topological polar surface area (TPSA) is 87.3 Å². The molecule has 1 amide bonds. The fourth-order valence-corrected chi connectivity index (χ4v) is 3.65. The Morgan fingerprint density at radius 3 is 2.68 bits per heavy atom. The molecule has 0 saturated carbocycles. The first-order valence-electron chi connectivity index (χ1n) is 7.23. The molecule has 8 heteroatoms. The molecule has 22 heavy (non-hydrogen) atoms. The van der Waals surface area contributed by atoms with Crippen LogP contribution in [0, 0.1) is 5.92 Å². The third-order valence-corrected chi connectivity index (χ3v) is 5.23. The summed E-state index contributed by atoms with van der Waals surface area (Å²) in [7, 11) is -3.60. The predicted molar refractivity (Wildman–Crippen MR) is 85.2 cm³/mol. The van der Waals surface area contributed by atoms with Crippen molar-refractivity contribution in [1.82, 2.24) is 15.4 Å². The molecule has 122 valence electrons. The number of amides is 1. The van der Waals surface area contributed by atoms with Crippen molar-refractivity contribution in [2.24, 2.45) is 5.92 Å². The Kier molecular flexibility index (Phi) is 6.19. The van der Waals surface area contributed by atoms with Gasteiger partial charge in [0, 0.05) is 24.0 Å². The lowest BCUT2D eigenvalue weighted by Gasteiger charge is -2.21. The van der Waals surface area contributed by atoms with Crippen molar-refractivity contribution in [3.63, 3.8) is 0 Å². The van der Waals surface area contributed by atoms with Gasteiger partial charge in [-0.3, -0.25) is 4.79 Å². The number of carbonyl (C=O) groups is 1. The van der Waals surface area contributed by atoms with Gasteiger partial charge in [-0.05, 0) is 44.1 Å². The van der Waals surface area contributed by atoms with Crippen molar-refractivity contribution >= 4 is 27.5 Å². The van der Waals surface area contributed by atoms with E-state index in [1.54, 1.807) is 12.1 Å². The van der Waals surface area contributed by atoms with Crippen LogP contribution in [0.3, 0.4) is 0 Å². The molecule has 3 N–H and O–H groups in total. The van der Waals surface area contributed by atoms with Gasteiger partial charge in [-0.25, -0.2) is 13.1 Å². The Balaban J connectivity index is 1.77. The molecule has 0 aromatic heterocycles. The molecule has 1 aliphatic heterocycles. The SMILES string of the molecule is O=C(NCCNS(=O)(=O)c1cccc(Cl)c1)C1CCNCC1.